The van der Waals surface area contributed by atoms with Crippen molar-refractivity contribution in [2.75, 3.05) is 5.32 Å². The fraction of sp³-hybridized carbons (Fsp3) is 0.0625. The summed E-state index contributed by atoms with van der Waals surface area (Å²) in [5.74, 6) is 0. The van der Waals surface area contributed by atoms with Crippen LogP contribution in [0.2, 0.25) is 0 Å². The van der Waals surface area contributed by atoms with Gasteiger partial charge in [0.15, 0.2) is 0 Å². The van der Waals surface area contributed by atoms with Gasteiger partial charge in [-0.15, -0.1) is 11.3 Å². The summed E-state index contributed by atoms with van der Waals surface area (Å²) in [6.07, 6.45) is 0. The topological polar surface area (TPSA) is 12.0 Å². The monoisotopic (exact) mass is 453 g/mol. The Morgan fingerprint density at radius 3 is 2.00 bits per heavy atom. The quantitative estimate of drug-likeness (QED) is 0.282. The Bertz CT molecular complexity index is 1660. The summed E-state index contributed by atoms with van der Waals surface area (Å²) in [7, 11) is 0. The highest BCUT2D eigenvalue weighted by atomic mass is 32.1. The van der Waals surface area contributed by atoms with E-state index >= 15 is 0 Å². The molecule has 0 saturated carbocycles. The van der Waals surface area contributed by atoms with E-state index in [0.717, 1.165) is 11.4 Å². The second-order valence-corrected chi connectivity index (χ2v) is 10.3. The SMILES string of the molecule is CC1(c2cccc(Nc3ccc4c(c3)sc3ccccc34)c2)c2ccccc2-c2ccccc21. The van der Waals surface area contributed by atoms with Crippen molar-refractivity contribution in [3.8, 4) is 11.1 Å². The number of thiophene rings is 1. The lowest BCUT2D eigenvalue weighted by Gasteiger charge is -2.28. The zero-order valence-corrected chi connectivity index (χ0v) is 19.7. The summed E-state index contributed by atoms with van der Waals surface area (Å²) in [4.78, 5) is 0. The zero-order chi connectivity index (χ0) is 22.7. The van der Waals surface area contributed by atoms with Gasteiger partial charge < -0.3 is 5.32 Å². The molecule has 162 valence electrons. The minimum Gasteiger partial charge on any atom is -0.355 e. The maximum absolute atomic E-state index is 3.68. The molecule has 0 bridgehead atoms. The van der Waals surface area contributed by atoms with Gasteiger partial charge in [0.25, 0.3) is 0 Å². The predicted molar refractivity (Wildman–Crippen MR) is 146 cm³/mol. The van der Waals surface area contributed by atoms with E-state index in [0.29, 0.717) is 0 Å². The Kier molecular flexibility index (Phi) is 4.21. The molecule has 0 radical (unpaired) electrons. The molecule has 0 spiro atoms. The Labute approximate surface area is 203 Å². The van der Waals surface area contributed by atoms with Crippen LogP contribution < -0.4 is 5.32 Å². The van der Waals surface area contributed by atoms with Crippen LogP contribution in [0, 0.1) is 0 Å². The lowest BCUT2D eigenvalue weighted by molar-refractivity contribution is 0.714. The molecule has 34 heavy (non-hydrogen) atoms. The van der Waals surface area contributed by atoms with E-state index in [9.17, 15) is 0 Å². The summed E-state index contributed by atoms with van der Waals surface area (Å²) >= 11 is 1.85. The molecule has 5 aromatic carbocycles. The zero-order valence-electron chi connectivity index (χ0n) is 18.9. The Morgan fingerprint density at radius 1 is 0.559 bits per heavy atom. The fourth-order valence-electron chi connectivity index (χ4n) is 5.64. The van der Waals surface area contributed by atoms with E-state index in [1.54, 1.807) is 0 Å². The van der Waals surface area contributed by atoms with Crippen LogP contribution in [-0.4, -0.2) is 0 Å². The van der Waals surface area contributed by atoms with Gasteiger partial charge in [-0.1, -0.05) is 84.9 Å². The molecule has 6 aromatic rings. The second kappa shape index (κ2) is 7.31. The van der Waals surface area contributed by atoms with Crippen molar-refractivity contribution in [2.24, 2.45) is 0 Å². The molecular weight excluding hydrogens is 430 g/mol. The highest BCUT2D eigenvalue weighted by molar-refractivity contribution is 7.25. The van der Waals surface area contributed by atoms with Crippen molar-refractivity contribution in [1.29, 1.82) is 0 Å². The van der Waals surface area contributed by atoms with Gasteiger partial charge in [-0.2, -0.15) is 0 Å². The molecule has 0 atom stereocenters. The average Bonchev–Trinajstić information content (AvgIpc) is 3.38. The van der Waals surface area contributed by atoms with E-state index in [1.165, 1.54) is 48.0 Å². The maximum atomic E-state index is 3.68. The van der Waals surface area contributed by atoms with Crippen LogP contribution in [0.3, 0.4) is 0 Å². The highest BCUT2D eigenvalue weighted by Crippen LogP contribution is 2.52. The molecule has 0 aliphatic heterocycles. The van der Waals surface area contributed by atoms with Gasteiger partial charge in [-0.3, -0.25) is 0 Å². The van der Waals surface area contributed by atoms with Crippen LogP contribution in [0.15, 0.2) is 115 Å². The van der Waals surface area contributed by atoms with Crippen LogP contribution in [0.5, 0.6) is 0 Å². The molecule has 0 amide bonds. The smallest absolute Gasteiger partial charge is 0.0436 e. The van der Waals surface area contributed by atoms with Crippen molar-refractivity contribution in [2.45, 2.75) is 12.3 Å². The van der Waals surface area contributed by atoms with E-state index < -0.39 is 0 Å². The molecule has 1 nitrogen and oxygen atoms in total. The summed E-state index contributed by atoms with van der Waals surface area (Å²) < 4.78 is 2.65. The number of hydrogen-bond donors (Lipinski definition) is 1. The van der Waals surface area contributed by atoms with Gasteiger partial charge >= 0.3 is 0 Å². The molecule has 7 rings (SSSR count). The minimum atomic E-state index is -0.180. The highest BCUT2D eigenvalue weighted by Gasteiger charge is 2.40. The number of rotatable bonds is 3. The van der Waals surface area contributed by atoms with Crippen LogP contribution in [0.1, 0.15) is 23.6 Å². The Morgan fingerprint density at radius 2 is 1.21 bits per heavy atom. The van der Waals surface area contributed by atoms with Gasteiger partial charge in [0, 0.05) is 37.0 Å². The average molecular weight is 454 g/mol. The third-order valence-corrected chi connectivity index (χ3v) is 8.46. The summed E-state index contributed by atoms with van der Waals surface area (Å²) in [5, 5.41) is 6.34. The molecular formula is C32H23NS. The van der Waals surface area contributed by atoms with E-state index in [-0.39, 0.29) is 5.41 Å². The lowest BCUT2D eigenvalue weighted by Crippen LogP contribution is -2.22. The molecule has 0 unspecified atom stereocenters. The number of benzene rings is 5. The lowest BCUT2D eigenvalue weighted by atomic mass is 9.74. The Balaban J connectivity index is 1.30. The normalized spacial score (nSPS) is 13.7. The molecule has 1 heterocycles. The first-order valence-corrected chi connectivity index (χ1v) is 12.5. The van der Waals surface area contributed by atoms with E-state index in [2.05, 4.69) is 128 Å². The molecule has 1 aromatic heterocycles. The fourth-order valence-corrected chi connectivity index (χ4v) is 6.79. The summed E-state index contributed by atoms with van der Waals surface area (Å²) in [6.45, 7) is 2.36. The van der Waals surface area contributed by atoms with Crippen molar-refractivity contribution in [3.63, 3.8) is 0 Å². The molecule has 0 saturated heterocycles. The van der Waals surface area contributed by atoms with Crippen molar-refractivity contribution in [1.82, 2.24) is 0 Å². The summed E-state index contributed by atoms with van der Waals surface area (Å²) in [6, 6.07) is 41.9. The molecule has 1 aliphatic carbocycles. The van der Waals surface area contributed by atoms with Gasteiger partial charge in [0.05, 0.1) is 0 Å². The number of fused-ring (bicyclic) bond motifs is 6. The predicted octanol–water partition coefficient (Wildman–Crippen LogP) is 9.13. The van der Waals surface area contributed by atoms with E-state index in [1.807, 2.05) is 11.3 Å². The first kappa shape index (κ1) is 19.6. The maximum Gasteiger partial charge on any atom is 0.0436 e. The molecule has 1 N–H and O–H groups in total. The van der Waals surface area contributed by atoms with Gasteiger partial charge in [-0.25, -0.2) is 0 Å². The molecule has 1 aliphatic rings. The third kappa shape index (κ3) is 2.79. The van der Waals surface area contributed by atoms with Crippen molar-refractivity contribution >= 4 is 42.9 Å². The Hall–Kier alpha value is -3.88. The minimum absolute atomic E-state index is 0.180. The van der Waals surface area contributed by atoms with Crippen LogP contribution in [-0.2, 0) is 5.41 Å². The van der Waals surface area contributed by atoms with E-state index in [4.69, 9.17) is 0 Å². The number of nitrogens with one attached hydrogen (secondary N) is 1. The van der Waals surface area contributed by atoms with Gasteiger partial charge in [0.2, 0.25) is 0 Å². The first-order valence-electron chi connectivity index (χ1n) is 11.7. The molecule has 2 heteroatoms. The van der Waals surface area contributed by atoms with Crippen LogP contribution in [0.25, 0.3) is 31.3 Å². The van der Waals surface area contributed by atoms with Gasteiger partial charge in [-0.05, 0) is 65.1 Å². The molecule has 0 fully saturated rings. The third-order valence-electron chi connectivity index (χ3n) is 7.33. The van der Waals surface area contributed by atoms with Crippen LogP contribution in [0.4, 0.5) is 11.4 Å². The number of anilines is 2. The largest absolute Gasteiger partial charge is 0.355 e. The first-order chi connectivity index (χ1) is 16.7. The standard InChI is InChI=1S/C32H23NS/c1-32(28-14-5-2-11-24(28)25-12-3-6-15-29(25)32)21-9-8-10-22(19-21)33-23-17-18-27-26-13-4-7-16-30(26)34-31(27)20-23/h2-20,33H,1H3. The number of hydrogen-bond acceptors (Lipinski definition) is 2. The van der Waals surface area contributed by atoms with Gasteiger partial charge in [0.1, 0.15) is 0 Å². The second-order valence-electron chi connectivity index (χ2n) is 9.23. The van der Waals surface area contributed by atoms with Crippen LogP contribution >= 0.6 is 11.3 Å². The van der Waals surface area contributed by atoms with Crippen molar-refractivity contribution < 1.29 is 0 Å². The summed E-state index contributed by atoms with van der Waals surface area (Å²) in [5.41, 5.74) is 8.79. The van der Waals surface area contributed by atoms with Crippen molar-refractivity contribution in [3.05, 3.63) is 132 Å².